The lowest BCUT2D eigenvalue weighted by atomic mass is 10.0. The molecule has 2 aliphatic heterocycles. The van der Waals surface area contributed by atoms with Gasteiger partial charge < -0.3 is 30.6 Å². The standard InChI is InChI=1S/2C23H47NO3/c2*1-3-5-7-9-11-13-15-17-20-22(26)23(27)21(19-25)24(20)18-16-14-12-10-8-6-4-2/h2*20-23,25-27H,3-19H2,1-2H3/t20-,21+,22-,23+;20-,21-,22+,23-/m11/s1. The van der Waals surface area contributed by atoms with Gasteiger partial charge >= 0.3 is 0 Å². The molecule has 2 saturated heterocycles. The van der Waals surface area contributed by atoms with Crippen LogP contribution in [0, 0.1) is 0 Å². The molecule has 54 heavy (non-hydrogen) atoms. The summed E-state index contributed by atoms with van der Waals surface area (Å²) in [7, 11) is 0. The second-order valence-corrected chi connectivity index (χ2v) is 17.1. The van der Waals surface area contributed by atoms with Crippen molar-refractivity contribution in [2.45, 2.75) is 269 Å². The Morgan fingerprint density at radius 1 is 0.296 bits per heavy atom. The molecule has 324 valence electrons. The van der Waals surface area contributed by atoms with E-state index in [1.165, 1.54) is 154 Å². The summed E-state index contributed by atoms with van der Waals surface area (Å²) in [5.41, 5.74) is 0. The third-order valence-electron chi connectivity index (χ3n) is 12.6. The molecule has 2 heterocycles. The zero-order valence-corrected chi connectivity index (χ0v) is 36.2. The minimum absolute atomic E-state index is 0.00730. The van der Waals surface area contributed by atoms with Crippen LogP contribution >= 0.6 is 0 Å². The van der Waals surface area contributed by atoms with Crippen LogP contribution in [-0.4, -0.2) is 115 Å². The topological polar surface area (TPSA) is 128 Å². The van der Waals surface area contributed by atoms with Gasteiger partial charge in [-0.25, -0.2) is 0 Å². The molecule has 0 aromatic rings. The molecule has 0 radical (unpaired) electrons. The number of nitrogens with zero attached hydrogens (tertiary/aromatic N) is 2. The molecule has 2 aliphatic rings. The lowest BCUT2D eigenvalue weighted by molar-refractivity contribution is 0.0173. The summed E-state index contributed by atoms with van der Waals surface area (Å²) in [5.74, 6) is 0. The summed E-state index contributed by atoms with van der Waals surface area (Å²) in [6.45, 7) is 10.6. The van der Waals surface area contributed by atoms with Crippen LogP contribution in [0.5, 0.6) is 0 Å². The highest BCUT2D eigenvalue weighted by molar-refractivity contribution is 5.01. The third-order valence-corrected chi connectivity index (χ3v) is 12.6. The fraction of sp³-hybridized carbons (Fsp3) is 1.00. The number of aliphatic hydroxyl groups is 6. The Morgan fingerprint density at radius 3 is 0.778 bits per heavy atom. The van der Waals surface area contributed by atoms with Crippen molar-refractivity contribution in [3.63, 3.8) is 0 Å². The molecule has 8 atom stereocenters. The predicted molar refractivity (Wildman–Crippen MR) is 228 cm³/mol. The Bertz CT molecular complexity index is 743. The van der Waals surface area contributed by atoms with E-state index in [4.69, 9.17) is 0 Å². The number of likely N-dealkylation sites (tertiary alicyclic amines) is 2. The second kappa shape index (κ2) is 34.7. The molecule has 0 saturated carbocycles. The van der Waals surface area contributed by atoms with Crippen LogP contribution in [0.1, 0.15) is 220 Å². The van der Waals surface area contributed by atoms with Gasteiger partial charge in [0.1, 0.15) is 0 Å². The smallest absolute Gasteiger partial charge is 0.0991 e. The van der Waals surface area contributed by atoms with Crippen molar-refractivity contribution in [3.05, 3.63) is 0 Å². The van der Waals surface area contributed by atoms with Gasteiger partial charge in [-0.3, -0.25) is 9.80 Å². The van der Waals surface area contributed by atoms with Gasteiger partial charge in [-0.15, -0.1) is 0 Å². The molecule has 0 aliphatic carbocycles. The van der Waals surface area contributed by atoms with Gasteiger partial charge in [0.15, 0.2) is 0 Å². The average Bonchev–Trinajstić information content (AvgIpc) is 3.55. The fourth-order valence-corrected chi connectivity index (χ4v) is 9.07. The average molecular weight is 771 g/mol. The van der Waals surface area contributed by atoms with Crippen molar-refractivity contribution in [2.75, 3.05) is 26.3 Å². The van der Waals surface area contributed by atoms with E-state index in [1.54, 1.807) is 0 Å². The van der Waals surface area contributed by atoms with Crippen LogP contribution in [0.2, 0.25) is 0 Å². The first-order valence-corrected chi connectivity index (χ1v) is 23.8. The van der Waals surface area contributed by atoms with Crippen LogP contribution in [0.25, 0.3) is 0 Å². The largest absolute Gasteiger partial charge is 0.395 e. The first-order valence-electron chi connectivity index (χ1n) is 23.8. The number of rotatable bonds is 34. The Hall–Kier alpha value is -0.320. The zero-order valence-electron chi connectivity index (χ0n) is 36.2. The molecule has 0 amide bonds. The minimum atomic E-state index is -0.811. The number of hydrogen-bond donors (Lipinski definition) is 6. The number of aliphatic hydroxyl groups excluding tert-OH is 6. The Balaban J connectivity index is 0.000000540. The highest BCUT2D eigenvalue weighted by Gasteiger charge is 2.47. The van der Waals surface area contributed by atoms with E-state index in [-0.39, 0.29) is 37.4 Å². The first kappa shape index (κ1) is 51.7. The Morgan fingerprint density at radius 2 is 0.519 bits per heavy atom. The molecule has 2 fully saturated rings. The van der Waals surface area contributed by atoms with Crippen molar-refractivity contribution < 1.29 is 30.6 Å². The lowest BCUT2D eigenvalue weighted by Crippen LogP contribution is -2.42. The minimum Gasteiger partial charge on any atom is -0.395 e. The maximum absolute atomic E-state index is 10.5. The van der Waals surface area contributed by atoms with E-state index >= 15 is 0 Å². The third kappa shape index (κ3) is 20.9. The summed E-state index contributed by atoms with van der Waals surface area (Å²) >= 11 is 0. The summed E-state index contributed by atoms with van der Waals surface area (Å²) in [4.78, 5) is 4.41. The number of hydrogen-bond acceptors (Lipinski definition) is 8. The summed E-state index contributed by atoms with van der Waals surface area (Å²) in [5, 5.41) is 61.1. The fourth-order valence-electron chi connectivity index (χ4n) is 9.07. The van der Waals surface area contributed by atoms with Crippen LogP contribution < -0.4 is 0 Å². The van der Waals surface area contributed by atoms with Gasteiger partial charge in [-0.1, -0.05) is 195 Å². The molecule has 8 heteroatoms. The van der Waals surface area contributed by atoms with E-state index in [9.17, 15) is 30.6 Å². The molecular formula is C46H94N2O6. The van der Waals surface area contributed by atoms with Crippen molar-refractivity contribution in [2.24, 2.45) is 0 Å². The van der Waals surface area contributed by atoms with Crippen molar-refractivity contribution in [1.29, 1.82) is 0 Å². The molecule has 0 aromatic heterocycles. The monoisotopic (exact) mass is 771 g/mol. The molecule has 0 bridgehead atoms. The molecule has 2 rings (SSSR count). The van der Waals surface area contributed by atoms with Gasteiger partial charge in [0.05, 0.1) is 49.7 Å². The highest BCUT2D eigenvalue weighted by atomic mass is 16.3. The van der Waals surface area contributed by atoms with Gasteiger partial charge in [0.25, 0.3) is 0 Å². The van der Waals surface area contributed by atoms with E-state index < -0.39 is 24.4 Å². The number of unbranched alkanes of at least 4 members (excludes halogenated alkanes) is 24. The van der Waals surface area contributed by atoms with Gasteiger partial charge in [0.2, 0.25) is 0 Å². The lowest BCUT2D eigenvalue weighted by Gasteiger charge is -2.29. The Labute approximate surface area is 334 Å². The second-order valence-electron chi connectivity index (χ2n) is 17.1. The van der Waals surface area contributed by atoms with Crippen molar-refractivity contribution in [3.8, 4) is 0 Å². The van der Waals surface area contributed by atoms with E-state index in [0.29, 0.717) is 0 Å². The molecule has 0 spiro atoms. The summed E-state index contributed by atoms with van der Waals surface area (Å²) in [6.07, 6.45) is 34.1. The zero-order chi connectivity index (χ0) is 39.8. The highest BCUT2D eigenvalue weighted by Crippen LogP contribution is 2.31. The normalized spacial score (nSPS) is 26.1. The van der Waals surface area contributed by atoms with Crippen LogP contribution in [0.15, 0.2) is 0 Å². The van der Waals surface area contributed by atoms with Gasteiger partial charge in [-0.2, -0.15) is 0 Å². The van der Waals surface area contributed by atoms with Crippen LogP contribution in [0.4, 0.5) is 0 Å². The molecule has 6 N–H and O–H groups in total. The van der Waals surface area contributed by atoms with Crippen LogP contribution in [0.3, 0.4) is 0 Å². The summed E-state index contributed by atoms with van der Waals surface area (Å²) < 4.78 is 0. The molecular weight excluding hydrogens is 677 g/mol. The molecule has 8 nitrogen and oxygen atoms in total. The van der Waals surface area contributed by atoms with Gasteiger partial charge in [-0.05, 0) is 38.8 Å². The molecule has 0 unspecified atom stereocenters. The van der Waals surface area contributed by atoms with Crippen molar-refractivity contribution >= 4 is 0 Å². The maximum Gasteiger partial charge on any atom is 0.0991 e. The Kier molecular flexibility index (Phi) is 33.2. The van der Waals surface area contributed by atoms with Gasteiger partial charge in [0, 0.05) is 12.1 Å². The van der Waals surface area contributed by atoms with Crippen LogP contribution in [-0.2, 0) is 0 Å². The predicted octanol–water partition coefficient (Wildman–Crippen LogP) is 9.29. The molecule has 0 aromatic carbocycles. The van der Waals surface area contributed by atoms with E-state index in [1.807, 2.05) is 0 Å². The summed E-state index contributed by atoms with van der Waals surface area (Å²) in [6, 6.07) is -0.579. The van der Waals surface area contributed by atoms with E-state index in [0.717, 1.165) is 51.6 Å². The maximum atomic E-state index is 10.5. The van der Waals surface area contributed by atoms with Crippen molar-refractivity contribution in [1.82, 2.24) is 9.80 Å². The SMILES string of the molecule is CCCCCCCCC[C@@H]1[C@@H](O)[C@@H](O)[C@H](CO)N1CCCCCCCCC.CCCCCCCCC[C@@H]1[C@H](O)[C@H](O)[C@@H](CO)N1CCCCCCCCC. The first-order chi connectivity index (χ1) is 26.3. The van der Waals surface area contributed by atoms with E-state index in [2.05, 4.69) is 37.5 Å². The quantitative estimate of drug-likeness (QED) is 0.0358.